The van der Waals surface area contributed by atoms with Crippen LogP contribution in [0, 0.1) is 12.3 Å². The van der Waals surface area contributed by atoms with E-state index in [9.17, 15) is 5.11 Å². The molecule has 2 heteroatoms. The van der Waals surface area contributed by atoms with E-state index in [-0.39, 0.29) is 16.8 Å². The standard InChI is InChI=1S/C20H25BO/c1-3-19-9-10-20(21)16(17(19)11-15(22)12-19)8-7-14-6-4-5-13(2)18(14)20/h4-6,15,22H,3,7-12H2,1-2H3/t15-,19-,20-/m0/s1. The molecule has 1 aromatic carbocycles. The lowest BCUT2D eigenvalue weighted by atomic mass is 9.46. The van der Waals surface area contributed by atoms with Gasteiger partial charge in [-0.05, 0) is 79.3 Å². The number of aliphatic hydroxyl groups excluding tert-OH is 1. The Morgan fingerprint density at radius 3 is 2.82 bits per heavy atom. The van der Waals surface area contributed by atoms with Gasteiger partial charge in [0.05, 0.1) is 14.0 Å². The normalized spacial score (nSPS) is 36.8. The Bertz CT molecular complexity index is 662. The van der Waals surface area contributed by atoms with Crippen molar-refractivity contribution in [1.29, 1.82) is 0 Å². The zero-order valence-electron chi connectivity index (χ0n) is 13.8. The lowest BCUT2D eigenvalue weighted by Gasteiger charge is -2.50. The maximum Gasteiger partial charge on any atom is 0.0870 e. The highest BCUT2D eigenvalue weighted by molar-refractivity contribution is 6.19. The molecule has 1 fully saturated rings. The third kappa shape index (κ3) is 1.76. The summed E-state index contributed by atoms with van der Waals surface area (Å²) in [6.45, 7) is 4.48. The van der Waals surface area contributed by atoms with Crippen molar-refractivity contribution in [3.63, 3.8) is 0 Å². The maximum atomic E-state index is 10.3. The lowest BCUT2D eigenvalue weighted by molar-refractivity contribution is 0.150. The molecule has 114 valence electrons. The predicted molar refractivity (Wildman–Crippen MR) is 91.2 cm³/mol. The average Bonchev–Trinajstić information content (AvgIpc) is 2.83. The minimum absolute atomic E-state index is 0.164. The number of rotatable bonds is 1. The van der Waals surface area contributed by atoms with Crippen molar-refractivity contribution < 1.29 is 5.11 Å². The summed E-state index contributed by atoms with van der Waals surface area (Å²) in [6, 6.07) is 6.62. The minimum atomic E-state index is -0.281. The molecule has 2 radical (unpaired) electrons. The van der Waals surface area contributed by atoms with Crippen molar-refractivity contribution in [1.82, 2.24) is 0 Å². The van der Waals surface area contributed by atoms with E-state index in [4.69, 9.17) is 7.85 Å². The monoisotopic (exact) mass is 292 g/mol. The molecule has 1 aromatic rings. The van der Waals surface area contributed by atoms with Gasteiger partial charge in [-0.1, -0.05) is 36.3 Å². The molecule has 1 nitrogen and oxygen atoms in total. The van der Waals surface area contributed by atoms with E-state index >= 15 is 0 Å². The van der Waals surface area contributed by atoms with Gasteiger partial charge in [-0.15, -0.1) is 0 Å². The Labute approximate surface area is 135 Å². The van der Waals surface area contributed by atoms with Gasteiger partial charge in [-0.25, -0.2) is 0 Å². The van der Waals surface area contributed by atoms with Gasteiger partial charge in [0.1, 0.15) is 0 Å². The van der Waals surface area contributed by atoms with Crippen LogP contribution in [0.2, 0.25) is 0 Å². The van der Waals surface area contributed by atoms with Gasteiger partial charge in [0.15, 0.2) is 0 Å². The summed E-state index contributed by atoms with van der Waals surface area (Å²) in [5, 5.41) is 10.0. The number of benzene rings is 1. The summed E-state index contributed by atoms with van der Waals surface area (Å²) in [5.41, 5.74) is 7.38. The van der Waals surface area contributed by atoms with Crippen LogP contribution in [0.25, 0.3) is 0 Å². The second kappa shape index (κ2) is 4.74. The van der Waals surface area contributed by atoms with E-state index in [0.717, 1.165) is 44.9 Å². The molecule has 0 aliphatic heterocycles. The lowest BCUT2D eigenvalue weighted by Crippen LogP contribution is -2.42. The molecule has 0 unspecified atom stereocenters. The summed E-state index contributed by atoms with van der Waals surface area (Å²) in [6.07, 6.45) is 7.11. The fourth-order valence-corrected chi connectivity index (χ4v) is 5.67. The van der Waals surface area contributed by atoms with Gasteiger partial charge in [0.2, 0.25) is 0 Å². The van der Waals surface area contributed by atoms with E-state index in [1.807, 2.05) is 0 Å². The fourth-order valence-electron chi connectivity index (χ4n) is 5.67. The Balaban J connectivity index is 1.94. The molecule has 0 spiro atoms. The Morgan fingerprint density at radius 2 is 2.05 bits per heavy atom. The molecule has 0 bridgehead atoms. The maximum absolute atomic E-state index is 10.3. The molecular weight excluding hydrogens is 267 g/mol. The van der Waals surface area contributed by atoms with Crippen molar-refractivity contribution in [3.8, 4) is 0 Å². The van der Waals surface area contributed by atoms with Gasteiger partial charge in [0.25, 0.3) is 0 Å². The first-order valence-corrected chi connectivity index (χ1v) is 8.79. The molecule has 0 aromatic heterocycles. The third-order valence-electron chi connectivity index (χ3n) is 6.73. The van der Waals surface area contributed by atoms with Crippen LogP contribution in [0.4, 0.5) is 0 Å². The molecule has 0 saturated heterocycles. The van der Waals surface area contributed by atoms with Crippen LogP contribution < -0.4 is 0 Å². The highest BCUT2D eigenvalue weighted by atomic mass is 16.3. The highest BCUT2D eigenvalue weighted by Gasteiger charge is 2.51. The first-order chi connectivity index (χ1) is 10.5. The van der Waals surface area contributed by atoms with Gasteiger partial charge in [0, 0.05) is 0 Å². The zero-order valence-corrected chi connectivity index (χ0v) is 13.8. The van der Waals surface area contributed by atoms with Crippen molar-refractivity contribution >= 4 is 7.85 Å². The van der Waals surface area contributed by atoms with Crippen LogP contribution in [0.3, 0.4) is 0 Å². The van der Waals surface area contributed by atoms with Crippen molar-refractivity contribution in [2.24, 2.45) is 5.41 Å². The SMILES string of the molecule is [B][C@@]12CC[C@@]3(CC)C[C@@H](O)CC3=C1CCc1cccc(C)c12. The largest absolute Gasteiger partial charge is 0.393 e. The summed E-state index contributed by atoms with van der Waals surface area (Å²) in [7, 11) is 7.05. The molecule has 0 heterocycles. The zero-order chi connectivity index (χ0) is 15.5. The van der Waals surface area contributed by atoms with Crippen molar-refractivity contribution in [3.05, 3.63) is 46.0 Å². The smallest absolute Gasteiger partial charge is 0.0870 e. The molecule has 3 atom stereocenters. The number of allylic oxidation sites excluding steroid dienone is 1. The van der Waals surface area contributed by atoms with Gasteiger partial charge in [-0.3, -0.25) is 0 Å². The summed E-state index contributed by atoms with van der Waals surface area (Å²) in [4.78, 5) is 0. The van der Waals surface area contributed by atoms with Crippen LogP contribution in [-0.4, -0.2) is 19.1 Å². The minimum Gasteiger partial charge on any atom is -0.393 e. The second-order valence-corrected chi connectivity index (χ2v) is 7.73. The summed E-state index contributed by atoms with van der Waals surface area (Å²) >= 11 is 0. The van der Waals surface area contributed by atoms with Gasteiger partial charge < -0.3 is 5.11 Å². The van der Waals surface area contributed by atoms with Crippen LogP contribution >= 0.6 is 0 Å². The Morgan fingerprint density at radius 1 is 1.23 bits per heavy atom. The Kier molecular flexibility index (Phi) is 3.14. The van der Waals surface area contributed by atoms with E-state index in [0.29, 0.717) is 0 Å². The second-order valence-electron chi connectivity index (χ2n) is 7.73. The molecule has 3 aliphatic carbocycles. The molecule has 4 rings (SSSR count). The van der Waals surface area contributed by atoms with Crippen molar-refractivity contribution in [2.45, 2.75) is 70.2 Å². The van der Waals surface area contributed by atoms with Crippen molar-refractivity contribution in [2.75, 3.05) is 0 Å². The number of hydrogen-bond acceptors (Lipinski definition) is 1. The molecule has 0 amide bonds. The fraction of sp³-hybridized carbons (Fsp3) is 0.600. The summed E-state index contributed by atoms with van der Waals surface area (Å²) < 4.78 is 0. The van der Waals surface area contributed by atoms with Crippen LogP contribution in [0.5, 0.6) is 0 Å². The molecule has 1 N–H and O–H groups in total. The molecule has 1 saturated carbocycles. The average molecular weight is 292 g/mol. The first-order valence-electron chi connectivity index (χ1n) is 8.79. The molecule has 22 heavy (non-hydrogen) atoms. The van der Waals surface area contributed by atoms with Crippen LogP contribution in [-0.2, 0) is 11.7 Å². The first kappa shape index (κ1) is 14.6. The third-order valence-corrected chi connectivity index (χ3v) is 6.73. The van der Waals surface area contributed by atoms with E-state index < -0.39 is 0 Å². The number of hydrogen-bond donors (Lipinski definition) is 1. The summed E-state index contributed by atoms with van der Waals surface area (Å²) in [5.74, 6) is 0. The van der Waals surface area contributed by atoms with E-state index in [1.54, 1.807) is 0 Å². The topological polar surface area (TPSA) is 20.2 Å². The van der Waals surface area contributed by atoms with Gasteiger partial charge in [-0.2, -0.15) is 0 Å². The number of aryl methyl sites for hydroxylation is 2. The van der Waals surface area contributed by atoms with Crippen LogP contribution in [0.15, 0.2) is 29.3 Å². The Hall–Kier alpha value is -1.02. The quantitative estimate of drug-likeness (QED) is 0.614. The molecular formula is C20H25BO. The number of aliphatic hydroxyl groups is 1. The van der Waals surface area contributed by atoms with Gasteiger partial charge >= 0.3 is 0 Å². The predicted octanol–water partition coefficient (Wildman–Crippen LogP) is 3.95. The van der Waals surface area contributed by atoms with Crippen LogP contribution in [0.1, 0.15) is 62.1 Å². The molecule has 3 aliphatic rings. The van der Waals surface area contributed by atoms with E-state index in [1.165, 1.54) is 27.8 Å². The number of fused-ring (bicyclic) bond motifs is 4. The van der Waals surface area contributed by atoms with E-state index in [2.05, 4.69) is 32.0 Å². The highest BCUT2D eigenvalue weighted by Crippen LogP contribution is 2.60.